The Labute approximate surface area is 100 Å². The number of imide groups is 1. The molecule has 1 aromatic carbocycles. The predicted molar refractivity (Wildman–Crippen MR) is 62.8 cm³/mol. The monoisotopic (exact) mass is 233 g/mol. The van der Waals surface area contributed by atoms with E-state index in [-0.39, 0.29) is 11.9 Å². The summed E-state index contributed by atoms with van der Waals surface area (Å²) in [6.45, 7) is 4.09. The molecule has 1 atom stereocenters. The van der Waals surface area contributed by atoms with Crippen LogP contribution in [0.2, 0.25) is 0 Å². The molecule has 1 aliphatic heterocycles. The SMILES string of the molecule is CCC1COC(=O)N1C(=O)c1ccccc1C. The van der Waals surface area contributed by atoms with Gasteiger partial charge in [-0.25, -0.2) is 9.69 Å². The van der Waals surface area contributed by atoms with Crippen LogP contribution in [-0.4, -0.2) is 29.5 Å². The van der Waals surface area contributed by atoms with Gasteiger partial charge < -0.3 is 4.74 Å². The second kappa shape index (κ2) is 4.57. The molecular formula is C13H15NO3. The summed E-state index contributed by atoms with van der Waals surface area (Å²) in [5.74, 6) is -0.266. The van der Waals surface area contributed by atoms with Crippen molar-refractivity contribution in [3.8, 4) is 0 Å². The van der Waals surface area contributed by atoms with E-state index in [1.807, 2.05) is 26.0 Å². The maximum Gasteiger partial charge on any atom is 0.417 e. The summed E-state index contributed by atoms with van der Waals surface area (Å²) in [6, 6.07) is 7.11. The smallest absolute Gasteiger partial charge is 0.417 e. The van der Waals surface area contributed by atoms with Crippen LogP contribution in [0.4, 0.5) is 4.79 Å². The summed E-state index contributed by atoms with van der Waals surface area (Å²) in [5.41, 5.74) is 1.43. The van der Waals surface area contributed by atoms with Crippen molar-refractivity contribution in [2.75, 3.05) is 6.61 Å². The van der Waals surface area contributed by atoms with Gasteiger partial charge in [0.15, 0.2) is 0 Å². The fraction of sp³-hybridized carbons (Fsp3) is 0.385. The second-order valence-electron chi connectivity index (χ2n) is 4.13. The fourth-order valence-electron chi connectivity index (χ4n) is 1.95. The maximum absolute atomic E-state index is 12.3. The van der Waals surface area contributed by atoms with E-state index >= 15 is 0 Å². The van der Waals surface area contributed by atoms with Crippen molar-refractivity contribution in [1.29, 1.82) is 0 Å². The van der Waals surface area contributed by atoms with Gasteiger partial charge >= 0.3 is 6.09 Å². The zero-order valence-electron chi connectivity index (χ0n) is 9.97. The van der Waals surface area contributed by atoms with Gasteiger partial charge in [-0.2, -0.15) is 0 Å². The van der Waals surface area contributed by atoms with Crippen LogP contribution >= 0.6 is 0 Å². The van der Waals surface area contributed by atoms with Gasteiger partial charge in [-0.05, 0) is 25.0 Å². The second-order valence-corrected chi connectivity index (χ2v) is 4.13. The van der Waals surface area contributed by atoms with Crippen LogP contribution in [0.3, 0.4) is 0 Å². The van der Waals surface area contributed by atoms with Gasteiger partial charge in [0, 0.05) is 5.56 Å². The lowest BCUT2D eigenvalue weighted by Gasteiger charge is -2.18. The normalized spacial score (nSPS) is 19.3. The van der Waals surface area contributed by atoms with E-state index in [1.165, 1.54) is 4.90 Å². The molecule has 1 aliphatic rings. The molecule has 4 nitrogen and oxygen atoms in total. The van der Waals surface area contributed by atoms with Gasteiger partial charge in [0.05, 0.1) is 6.04 Å². The number of aryl methyl sites for hydroxylation is 1. The lowest BCUT2D eigenvalue weighted by atomic mass is 10.1. The molecule has 0 bridgehead atoms. The molecule has 0 aliphatic carbocycles. The summed E-state index contributed by atoms with van der Waals surface area (Å²) in [6.07, 6.45) is 0.175. The highest BCUT2D eigenvalue weighted by atomic mass is 16.6. The van der Waals surface area contributed by atoms with Crippen molar-refractivity contribution in [2.45, 2.75) is 26.3 Å². The summed E-state index contributed by atoms with van der Waals surface area (Å²) >= 11 is 0. The number of ether oxygens (including phenoxy) is 1. The zero-order valence-corrected chi connectivity index (χ0v) is 9.97. The first kappa shape index (κ1) is 11.6. The minimum absolute atomic E-state index is 0.144. The quantitative estimate of drug-likeness (QED) is 0.787. The molecule has 0 aromatic heterocycles. The van der Waals surface area contributed by atoms with Gasteiger partial charge in [-0.15, -0.1) is 0 Å². The molecule has 0 N–H and O–H groups in total. The average Bonchev–Trinajstić information content (AvgIpc) is 2.70. The van der Waals surface area contributed by atoms with Crippen molar-refractivity contribution in [3.05, 3.63) is 35.4 Å². The third-order valence-electron chi connectivity index (χ3n) is 3.03. The van der Waals surface area contributed by atoms with Gasteiger partial charge in [0.25, 0.3) is 5.91 Å². The lowest BCUT2D eigenvalue weighted by Crippen LogP contribution is -2.38. The standard InChI is InChI=1S/C13H15NO3/c1-3-10-8-17-13(16)14(10)12(15)11-7-5-4-6-9(11)2/h4-7,10H,3,8H2,1-2H3. The summed E-state index contributed by atoms with van der Waals surface area (Å²) < 4.78 is 4.92. The molecule has 2 amide bonds. The number of hydrogen-bond donors (Lipinski definition) is 0. The van der Waals surface area contributed by atoms with Gasteiger partial charge in [0.2, 0.25) is 0 Å². The fourth-order valence-corrected chi connectivity index (χ4v) is 1.95. The highest BCUT2D eigenvalue weighted by Crippen LogP contribution is 2.20. The van der Waals surface area contributed by atoms with E-state index in [2.05, 4.69) is 0 Å². The third-order valence-corrected chi connectivity index (χ3v) is 3.03. The Kier molecular flexibility index (Phi) is 3.13. The van der Waals surface area contributed by atoms with E-state index < -0.39 is 6.09 Å². The van der Waals surface area contributed by atoms with Gasteiger partial charge in [-0.3, -0.25) is 4.79 Å². The molecule has 1 heterocycles. The lowest BCUT2D eigenvalue weighted by molar-refractivity contribution is 0.0772. The predicted octanol–water partition coefficient (Wildman–Crippen LogP) is 2.37. The number of benzene rings is 1. The van der Waals surface area contributed by atoms with Gasteiger partial charge in [0.1, 0.15) is 6.61 Å². The van der Waals surface area contributed by atoms with E-state index in [4.69, 9.17) is 4.74 Å². The van der Waals surface area contributed by atoms with Crippen LogP contribution < -0.4 is 0 Å². The minimum Gasteiger partial charge on any atom is -0.447 e. The van der Waals surface area contributed by atoms with E-state index in [0.717, 1.165) is 5.56 Å². The summed E-state index contributed by atoms with van der Waals surface area (Å²) in [4.78, 5) is 25.0. The minimum atomic E-state index is -0.537. The van der Waals surface area contributed by atoms with Crippen molar-refractivity contribution >= 4 is 12.0 Å². The van der Waals surface area contributed by atoms with E-state index in [1.54, 1.807) is 12.1 Å². The van der Waals surface area contributed by atoms with Crippen LogP contribution in [0, 0.1) is 6.92 Å². The highest BCUT2D eigenvalue weighted by molar-refractivity contribution is 6.04. The molecule has 2 rings (SSSR count). The Morgan fingerprint density at radius 2 is 2.18 bits per heavy atom. The van der Waals surface area contributed by atoms with Gasteiger partial charge in [-0.1, -0.05) is 25.1 Å². The number of carbonyl (C=O) groups is 2. The maximum atomic E-state index is 12.3. The Morgan fingerprint density at radius 1 is 1.47 bits per heavy atom. The van der Waals surface area contributed by atoms with E-state index in [0.29, 0.717) is 18.6 Å². The van der Waals surface area contributed by atoms with Crippen LogP contribution in [0.5, 0.6) is 0 Å². The molecular weight excluding hydrogens is 218 g/mol. The largest absolute Gasteiger partial charge is 0.447 e. The first-order valence-electron chi connectivity index (χ1n) is 5.71. The average molecular weight is 233 g/mol. The molecule has 0 radical (unpaired) electrons. The number of hydrogen-bond acceptors (Lipinski definition) is 3. The molecule has 90 valence electrons. The van der Waals surface area contributed by atoms with Crippen LogP contribution in [0.1, 0.15) is 29.3 Å². The number of carbonyl (C=O) groups excluding carboxylic acids is 2. The van der Waals surface area contributed by atoms with Crippen LogP contribution in [0.15, 0.2) is 24.3 Å². The molecule has 4 heteroatoms. The number of amides is 2. The topological polar surface area (TPSA) is 46.6 Å². The molecule has 17 heavy (non-hydrogen) atoms. The van der Waals surface area contributed by atoms with Crippen LogP contribution in [0.25, 0.3) is 0 Å². The first-order chi connectivity index (χ1) is 8.15. The van der Waals surface area contributed by atoms with Crippen molar-refractivity contribution in [2.24, 2.45) is 0 Å². The Hall–Kier alpha value is -1.84. The first-order valence-corrected chi connectivity index (χ1v) is 5.71. The summed E-state index contributed by atoms with van der Waals surface area (Å²) in [5, 5.41) is 0. The molecule has 1 aromatic rings. The summed E-state index contributed by atoms with van der Waals surface area (Å²) in [7, 11) is 0. The molecule has 1 saturated heterocycles. The number of rotatable bonds is 2. The Morgan fingerprint density at radius 3 is 2.82 bits per heavy atom. The molecule has 0 spiro atoms. The molecule has 1 fully saturated rings. The van der Waals surface area contributed by atoms with E-state index in [9.17, 15) is 9.59 Å². The third kappa shape index (κ3) is 2.02. The molecule has 1 unspecified atom stereocenters. The molecule has 0 saturated carbocycles. The Bertz CT molecular complexity index is 456. The van der Waals surface area contributed by atoms with Crippen molar-refractivity contribution in [3.63, 3.8) is 0 Å². The Balaban J connectivity index is 2.31. The number of cyclic esters (lactones) is 1. The van der Waals surface area contributed by atoms with Crippen LogP contribution in [-0.2, 0) is 4.74 Å². The zero-order chi connectivity index (χ0) is 12.4. The van der Waals surface area contributed by atoms with Crippen molar-refractivity contribution < 1.29 is 14.3 Å². The highest BCUT2D eigenvalue weighted by Gasteiger charge is 2.37. The number of nitrogens with zero attached hydrogens (tertiary/aromatic N) is 1. The van der Waals surface area contributed by atoms with Crippen molar-refractivity contribution in [1.82, 2.24) is 4.90 Å².